The second kappa shape index (κ2) is 8.73. The van der Waals surface area contributed by atoms with Gasteiger partial charge in [-0.2, -0.15) is 10.1 Å². The van der Waals surface area contributed by atoms with E-state index in [1.54, 1.807) is 10.9 Å². The van der Waals surface area contributed by atoms with E-state index in [2.05, 4.69) is 20.6 Å². The fourth-order valence-electron chi connectivity index (χ4n) is 3.38. The molecule has 7 heteroatoms. The van der Waals surface area contributed by atoms with E-state index < -0.39 is 0 Å². The minimum absolute atomic E-state index is 0.0755. The Labute approximate surface area is 174 Å². The van der Waals surface area contributed by atoms with Crippen LogP contribution in [-0.4, -0.2) is 25.8 Å². The van der Waals surface area contributed by atoms with Crippen LogP contribution in [-0.2, 0) is 11.2 Å². The minimum atomic E-state index is -0.164. The lowest BCUT2D eigenvalue weighted by Crippen LogP contribution is -2.27. The summed E-state index contributed by atoms with van der Waals surface area (Å²) < 4.78 is 7.12. The monoisotopic (exact) mass is 401 g/mol. The van der Waals surface area contributed by atoms with Crippen LogP contribution < -0.4 is 5.32 Å². The number of amides is 1. The van der Waals surface area contributed by atoms with Gasteiger partial charge < -0.3 is 9.84 Å². The second-order valence-electron chi connectivity index (χ2n) is 7.13. The molecule has 0 saturated heterocycles. The number of aromatic nitrogens is 4. The Bertz CT molecular complexity index is 1130. The van der Waals surface area contributed by atoms with Gasteiger partial charge in [0.2, 0.25) is 17.6 Å². The van der Waals surface area contributed by atoms with Gasteiger partial charge in [-0.1, -0.05) is 47.6 Å². The van der Waals surface area contributed by atoms with E-state index in [1.807, 2.05) is 74.6 Å². The van der Waals surface area contributed by atoms with E-state index in [1.165, 1.54) is 0 Å². The largest absolute Gasteiger partial charge is 0.349 e. The SMILES string of the molecule is Cc1ccccc1-c1noc(CCC(=O)NC(C)c2ccccc2-n2cccn2)n1. The zero-order valence-corrected chi connectivity index (χ0v) is 16.9. The van der Waals surface area contributed by atoms with Crippen molar-refractivity contribution in [3.63, 3.8) is 0 Å². The molecule has 0 fully saturated rings. The summed E-state index contributed by atoms with van der Waals surface area (Å²) in [6.07, 6.45) is 4.27. The standard InChI is InChI=1S/C23H23N5O2/c1-16-8-3-4-9-18(16)23-26-22(30-27-23)13-12-21(29)25-17(2)19-10-5-6-11-20(19)28-15-7-14-24-28/h3-11,14-15,17H,12-13H2,1-2H3,(H,25,29). The summed E-state index contributed by atoms with van der Waals surface area (Å²) in [5.74, 6) is 0.923. The zero-order chi connectivity index (χ0) is 20.9. The van der Waals surface area contributed by atoms with Gasteiger partial charge in [0, 0.05) is 30.8 Å². The van der Waals surface area contributed by atoms with Gasteiger partial charge in [0.15, 0.2) is 0 Å². The molecule has 2 aromatic heterocycles. The lowest BCUT2D eigenvalue weighted by molar-refractivity contribution is -0.121. The Hall–Kier alpha value is -3.74. The lowest BCUT2D eigenvalue weighted by Gasteiger charge is -2.18. The Morgan fingerprint density at radius 1 is 1.13 bits per heavy atom. The fourth-order valence-corrected chi connectivity index (χ4v) is 3.38. The zero-order valence-electron chi connectivity index (χ0n) is 16.9. The van der Waals surface area contributed by atoms with Crippen LogP contribution in [0.3, 0.4) is 0 Å². The number of aryl methyl sites for hydroxylation is 2. The number of hydrogen-bond donors (Lipinski definition) is 1. The van der Waals surface area contributed by atoms with E-state index in [0.29, 0.717) is 18.1 Å². The molecule has 4 aromatic rings. The van der Waals surface area contributed by atoms with E-state index >= 15 is 0 Å². The van der Waals surface area contributed by atoms with Crippen molar-refractivity contribution in [1.29, 1.82) is 0 Å². The third-order valence-corrected chi connectivity index (χ3v) is 4.95. The van der Waals surface area contributed by atoms with Crippen molar-refractivity contribution >= 4 is 5.91 Å². The van der Waals surface area contributed by atoms with E-state index in [-0.39, 0.29) is 18.4 Å². The van der Waals surface area contributed by atoms with Gasteiger partial charge in [-0.3, -0.25) is 4.79 Å². The predicted molar refractivity (Wildman–Crippen MR) is 113 cm³/mol. The van der Waals surface area contributed by atoms with Crippen molar-refractivity contribution in [3.05, 3.63) is 84.0 Å². The molecular formula is C23H23N5O2. The fraction of sp³-hybridized carbons (Fsp3) is 0.217. The summed E-state index contributed by atoms with van der Waals surface area (Å²) in [6, 6.07) is 17.5. The Kier molecular flexibility index (Phi) is 5.70. The highest BCUT2D eigenvalue weighted by molar-refractivity contribution is 5.76. The molecule has 7 nitrogen and oxygen atoms in total. The number of benzene rings is 2. The highest BCUT2D eigenvalue weighted by atomic mass is 16.5. The first kappa shape index (κ1) is 19.6. The van der Waals surface area contributed by atoms with Crippen LogP contribution in [0.25, 0.3) is 17.1 Å². The van der Waals surface area contributed by atoms with Gasteiger partial charge in [-0.15, -0.1) is 0 Å². The molecule has 30 heavy (non-hydrogen) atoms. The second-order valence-corrected chi connectivity index (χ2v) is 7.13. The molecule has 0 spiro atoms. The summed E-state index contributed by atoms with van der Waals surface area (Å²) in [4.78, 5) is 16.9. The van der Waals surface area contributed by atoms with Gasteiger partial charge in [-0.25, -0.2) is 4.68 Å². The normalized spacial score (nSPS) is 11.9. The maximum Gasteiger partial charge on any atom is 0.227 e. The van der Waals surface area contributed by atoms with Gasteiger partial charge in [-0.05, 0) is 37.1 Å². The molecule has 2 aromatic carbocycles. The number of nitrogens with zero attached hydrogens (tertiary/aromatic N) is 4. The maximum absolute atomic E-state index is 12.5. The van der Waals surface area contributed by atoms with Gasteiger partial charge in [0.05, 0.1) is 11.7 Å². The van der Waals surface area contributed by atoms with Crippen LogP contribution >= 0.6 is 0 Å². The summed E-state index contributed by atoms with van der Waals surface area (Å²) >= 11 is 0. The van der Waals surface area contributed by atoms with E-state index in [4.69, 9.17) is 4.52 Å². The van der Waals surface area contributed by atoms with Crippen LogP contribution in [0.15, 0.2) is 71.5 Å². The van der Waals surface area contributed by atoms with Crippen molar-refractivity contribution < 1.29 is 9.32 Å². The predicted octanol–water partition coefficient (Wildman–Crippen LogP) is 4.04. The number of carbonyl (C=O) groups is 1. The molecule has 0 saturated carbocycles. The van der Waals surface area contributed by atoms with Crippen molar-refractivity contribution in [2.45, 2.75) is 32.7 Å². The molecule has 2 heterocycles. The average molecular weight is 401 g/mol. The lowest BCUT2D eigenvalue weighted by atomic mass is 10.1. The number of rotatable bonds is 7. The summed E-state index contributed by atoms with van der Waals surface area (Å²) in [7, 11) is 0. The third kappa shape index (κ3) is 4.30. The summed E-state index contributed by atoms with van der Waals surface area (Å²) in [5.41, 5.74) is 3.94. The van der Waals surface area contributed by atoms with Crippen molar-refractivity contribution in [2.24, 2.45) is 0 Å². The topological polar surface area (TPSA) is 85.8 Å². The first-order valence-electron chi connectivity index (χ1n) is 9.88. The number of nitrogens with one attached hydrogen (secondary N) is 1. The van der Waals surface area contributed by atoms with Crippen LogP contribution in [0.2, 0.25) is 0 Å². The molecule has 0 bridgehead atoms. The molecule has 4 rings (SSSR count). The summed E-state index contributed by atoms with van der Waals surface area (Å²) in [6.45, 7) is 3.96. The van der Waals surface area contributed by atoms with Gasteiger partial charge in [0.1, 0.15) is 0 Å². The molecule has 152 valence electrons. The molecule has 0 aliphatic carbocycles. The maximum atomic E-state index is 12.5. The van der Waals surface area contributed by atoms with Crippen LogP contribution in [0.1, 0.15) is 36.4 Å². The van der Waals surface area contributed by atoms with Crippen molar-refractivity contribution in [3.8, 4) is 17.1 Å². The smallest absolute Gasteiger partial charge is 0.227 e. The minimum Gasteiger partial charge on any atom is -0.349 e. The molecule has 1 unspecified atom stereocenters. The first-order valence-corrected chi connectivity index (χ1v) is 9.88. The Morgan fingerprint density at radius 2 is 1.93 bits per heavy atom. The summed E-state index contributed by atoms with van der Waals surface area (Å²) in [5, 5.41) is 11.4. The van der Waals surface area contributed by atoms with Crippen molar-refractivity contribution in [1.82, 2.24) is 25.2 Å². The molecule has 0 radical (unpaired) electrons. The molecule has 1 N–H and O–H groups in total. The first-order chi connectivity index (χ1) is 14.6. The highest BCUT2D eigenvalue weighted by Crippen LogP contribution is 2.22. The van der Waals surface area contributed by atoms with Crippen molar-refractivity contribution in [2.75, 3.05) is 0 Å². The molecule has 0 aliphatic rings. The van der Waals surface area contributed by atoms with Crippen LogP contribution in [0.4, 0.5) is 0 Å². The van der Waals surface area contributed by atoms with Gasteiger partial charge in [0.25, 0.3) is 0 Å². The van der Waals surface area contributed by atoms with Crippen LogP contribution in [0, 0.1) is 6.92 Å². The molecular weight excluding hydrogens is 378 g/mol. The van der Waals surface area contributed by atoms with E-state index in [9.17, 15) is 4.79 Å². The highest BCUT2D eigenvalue weighted by Gasteiger charge is 2.16. The Morgan fingerprint density at radius 3 is 2.73 bits per heavy atom. The quantitative estimate of drug-likeness (QED) is 0.505. The number of para-hydroxylation sites is 1. The molecule has 1 atom stereocenters. The van der Waals surface area contributed by atoms with E-state index in [0.717, 1.165) is 22.4 Å². The number of carbonyl (C=O) groups excluding carboxylic acids is 1. The Balaban J connectivity index is 1.38. The number of hydrogen-bond acceptors (Lipinski definition) is 5. The average Bonchev–Trinajstić information content (AvgIpc) is 3.45. The van der Waals surface area contributed by atoms with Crippen LogP contribution in [0.5, 0.6) is 0 Å². The molecule has 1 amide bonds. The van der Waals surface area contributed by atoms with Gasteiger partial charge >= 0.3 is 0 Å². The third-order valence-electron chi connectivity index (χ3n) is 4.95. The molecule has 0 aliphatic heterocycles.